The maximum Gasteiger partial charge on any atom is 0.265 e. The third-order valence-electron chi connectivity index (χ3n) is 6.27. The van der Waals surface area contributed by atoms with Gasteiger partial charge in [-0.05, 0) is 47.9 Å². The first-order valence-electron chi connectivity index (χ1n) is 11.9. The van der Waals surface area contributed by atoms with Crippen LogP contribution in [0.3, 0.4) is 0 Å². The first kappa shape index (κ1) is 26.3. The second-order valence-corrected chi connectivity index (χ2v) is 10.7. The van der Waals surface area contributed by atoms with Crippen LogP contribution < -0.4 is 10.9 Å². The van der Waals surface area contributed by atoms with Crippen molar-refractivity contribution in [1.82, 2.24) is 24.7 Å². The highest BCUT2D eigenvalue weighted by Gasteiger charge is 2.37. The number of nitrogens with one attached hydrogen (secondary N) is 1. The van der Waals surface area contributed by atoms with E-state index in [0.717, 1.165) is 11.1 Å². The van der Waals surface area contributed by atoms with Gasteiger partial charge in [-0.15, -0.1) is 0 Å². The highest BCUT2D eigenvalue weighted by Crippen LogP contribution is 2.28. The second-order valence-electron chi connectivity index (χ2n) is 10.3. The molecular formula is C27H29ClN6O3. The number of likely N-dealkylation sites (tertiary alicyclic amines) is 1. The van der Waals surface area contributed by atoms with Gasteiger partial charge in [-0.25, -0.2) is 4.98 Å². The van der Waals surface area contributed by atoms with Gasteiger partial charge in [-0.3, -0.25) is 23.9 Å². The molecule has 37 heavy (non-hydrogen) atoms. The van der Waals surface area contributed by atoms with Gasteiger partial charge in [0.2, 0.25) is 5.91 Å². The zero-order valence-corrected chi connectivity index (χ0v) is 21.9. The molecule has 1 N–H and O–H groups in total. The number of nitrogens with zero attached hydrogens (tertiary/aromatic N) is 5. The van der Waals surface area contributed by atoms with Crippen molar-refractivity contribution in [2.45, 2.75) is 33.5 Å². The van der Waals surface area contributed by atoms with Crippen LogP contribution in [0.15, 0.2) is 47.4 Å². The van der Waals surface area contributed by atoms with E-state index in [0.29, 0.717) is 35.7 Å². The number of amides is 2. The molecule has 1 aliphatic rings. The molecule has 2 aromatic heterocycles. The third kappa shape index (κ3) is 6.16. The largest absolute Gasteiger partial charge is 0.348 e. The number of hydrogen-bond acceptors (Lipinski definition) is 6. The van der Waals surface area contributed by atoms with Gasteiger partial charge in [0.25, 0.3) is 11.5 Å². The Hall–Kier alpha value is -3.74. The molecule has 4 rings (SSSR count). The van der Waals surface area contributed by atoms with E-state index in [-0.39, 0.29) is 36.5 Å². The fourth-order valence-corrected chi connectivity index (χ4v) is 4.60. The van der Waals surface area contributed by atoms with Gasteiger partial charge in [-0.1, -0.05) is 37.6 Å². The molecule has 1 aliphatic heterocycles. The number of aromatic nitrogens is 2. The summed E-state index contributed by atoms with van der Waals surface area (Å²) in [5.74, 6) is -0.735. The maximum absolute atomic E-state index is 13.4. The zero-order valence-electron chi connectivity index (χ0n) is 21.1. The highest BCUT2D eigenvalue weighted by atomic mass is 35.5. The van der Waals surface area contributed by atoms with Gasteiger partial charge in [0.1, 0.15) is 17.8 Å². The summed E-state index contributed by atoms with van der Waals surface area (Å²) in [6.07, 6.45) is 1.63. The number of hydrogen-bond donors (Lipinski definition) is 1. The van der Waals surface area contributed by atoms with Gasteiger partial charge in [0, 0.05) is 42.8 Å². The zero-order chi connectivity index (χ0) is 26.7. The minimum absolute atomic E-state index is 0.0503. The molecule has 2 amide bonds. The number of fused-ring (bicyclic) bond motifs is 1. The molecule has 0 radical (unpaired) electrons. The van der Waals surface area contributed by atoms with Crippen LogP contribution in [-0.4, -0.2) is 57.8 Å². The topological polar surface area (TPSA) is 111 Å². The van der Waals surface area contributed by atoms with Crippen molar-refractivity contribution >= 4 is 34.4 Å². The number of carbonyl (C=O) groups is 2. The molecule has 10 heteroatoms. The van der Waals surface area contributed by atoms with Crippen LogP contribution in [-0.2, 0) is 24.4 Å². The molecule has 0 bridgehead atoms. The Morgan fingerprint density at radius 3 is 2.54 bits per heavy atom. The van der Waals surface area contributed by atoms with Crippen molar-refractivity contribution in [3.63, 3.8) is 0 Å². The van der Waals surface area contributed by atoms with E-state index in [1.807, 2.05) is 18.0 Å². The Bertz CT molecular complexity index is 1430. The van der Waals surface area contributed by atoms with Crippen LogP contribution in [0, 0.1) is 16.7 Å². The van der Waals surface area contributed by atoms with Crippen LogP contribution in [0.4, 0.5) is 0 Å². The van der Waals surface area contributed by atoms with Crippen molar-refractivity contribution in [1.29, 1.82) is 5.26 Å². The van der Waals surface area contributed by atoms with E-state index >= 15 is 0 Å². The summed E-state index contributed by atoms with van der Waals surface area (Å²) in [5.41, 5.74) is 1.39. The standard InChI is InChI=1S/C27H29ClN6O3/c1-27(2)16-33(17-27)23(35)15-34-24-20(10-19(13-30-24)14-32(3)9-8-29)11-22(26(34)37)25(36)31-12-18-4-6-21(28)7-5-18/h4-7,10-11,13H,9,12,14-17H2,1-3H3,(H,31,36). The van der Waals surface area contributed by atoms with Crippen LogP contribution in [0.1, 0.15) is 35.3 Å². The lowest BCUT2D eigenvalue weighted by molar-refractivity contribution is -0.142. The van der Waals surface area contributed by atoms with Crippen molar-refractivity contribution in [3.8, 4) is 6.07 Å². The van der Waals surface area contributed by atoms with E-state index in [4.69, 9.17) is 16.9 Å². The summed E-state index contributed by atoms with van der Waals surface area (Å²) in [5, 5.41) is 12.9. The van der Waals surface area contributed by atoms with Gasteiger partial charge >= 0.3 is 0 Å². The van der Waals surface area contributed by atoms with E-state index in [1.165, 1.54) is 10.6 Å². The van der Waals surface area contributed by atoms with Crippen molar-refractivity contribution in [2.24, 2.45) is 5.41 Å². The lowest BCUT2D eigenvalue weighted by atomic mass is 9.84. The smallest absolute Gasteiger partial charge is 0.265 e. The van der Waals surface area contributed by atoms with Gasteiger partial charge < -0.3 is 10.2 Å². The minimum Gasteiger partial charge on any atom is -0.348 e. The molecule has 0 atom stereocenters. The molecular weight excluding hydrogens is 492 g/mol. The first-order valence-corrected chi connectivity index (χ1v) is 12.3. The monoisotopic (exact) mass is 520 g/mol. The van der Waals surface area contributed by atoms with Crippen molar-refractivity contribution in [2.75, 3.05) is 26.7 Å². The van der Waals surface area contributed by atoms with Crippen LogP contribution >= 0.6 is 11.6 Å². The number of pyridine rings is 2. The maximum atomic E-state index is 13.4. The van der Waals surface area contributed by atoms with E-state index in [1.54, 1.807) is 35.4 Å². The summed E-state index contributed by atoms with van der Waals surface area (Å²) >= 11 is 5.93. The molecule has 3 heterocycles. The molecule has 9 nitrogen and oxygen atoms in total. The molecule has 1 aromatic carbocycles. The predicted molar refractivity (Wildman–Crippen MR) is 141 cm³/mol. The van der Waals surface area contributed by atoms with E-state index in [2.05, 4.69) is 30.2 Å². The summed E-state index contributed by atoms with van der Waals surface area (Å²) in [4.78, 5) is 47.5. The number of carbonyl (C=O) groups excluding carboxylic acids is 2. The summed E-state index contributed by atoms with van der Waals surface area (Å²) in [7, 11) is 1.82. The molecule has 0 spiro atoms. The number of rotatable bonds is 8. The Kier molecular flexibility index (Phi) is 7.62. The van der Waals surface area contributed by atoms with Crippen molar-refractivity contribution in [3.05, 3.63) is 74.7 Å². The minimum atomic E-state index is -0.573. The van der Waals surface area contributed by atoms with Crippen LogP contribution in [0.25, 0.3) is 11.0 Å². The number of nitriles is 1. The fourth-order valence-electron chi connectivity index (χ4n) is 4.47. The number of halogens is 1. The molecule has 3 aromatic rings. The first-order chi connectivity index (χ1) is 17.6. The molecule has 1 fully saturated rings. The fraction of sp³-hybridized carbons (Fsp3) is 0.370. The van der Waals surface area contributed by atoms with E-state index < -0.39 is 11.5 Å². The molecule has 192 valence electrons. The lowest BCUT2D eigenvalue weighted by Gasteiger charge is -2.45. The Labute approximate surface area is 220 Å². The molecule has 0 saturated carbocycles. The molecule has 0 unspecified atom stereocenters. The average molecular weight is 521 g/mol. The predicted octanol–water partition coefficient (Wildman–Crippen LogP) is 2.80. The molecule has 1 saturated heterocycles. The average Bonchev–Trinajstić information content (AvgIpc) is 2.83. The van der Waals surface area contributed by atoms with E-state index in [9.17, 15) is 14.4 Å². The van der Waals surface area contributed by atoms with Crippen molar-refractivity contribution < 1.29 is 9.59 Å². The second kappa shape index (κ2) is 10.7. The van der Waals surface area contributed by atoms with Gasteiger partial charge in [0.05, 0.1) is 12.6 Å². The third-order valence-corrected chi connectivity index (χ3v) is 6.52. The van der Waals surface area contributed by atoms with Crippen LogP contribution in [0.2, 0.25) is 5.02 Å². The SMILES string of the molecule is CN(CC#N)Cc1cnc2c(c1)cc(C(=O)NCc1ccc(Cl)cc1)c(=O)n2CC(=O)N1CC(C)(C)C1. The highest BCUT2D eigenvalue weighted by molar-refractivity contribution is 6.30. The Balaban J connectivity index is 1.67. The van der Waals surface area contributed by atoms with Gasteiger partial charge in [0.15, 0.2) is 0 Å². The summed E-state index contributed by atoms with van der Waals surface area (Å²) < 4.78 is 1.28. The van der Waals surface area contributed by atoms with Crippen LogP contribution in [0.5, 0.6) is 0 Å². The Morgan fingerprint density at radius 2 is 1.89 bits per heavy atom. The quantitative estimate of drug-likeness (QED) is 0.457. The molecule has 0 aliphatic carbocycles. The lowest BCUT2D eigenvalue weighted by Crippen LogP contribution is -2.56. The normalized spacial score (nSPS) is 14.3. The summed E-state index contributed by atoms with van der Waals surface area (Å²) in [6, 6.07) is 12.5. The Morgan fingerprint density at radius 1 is 1.19 bits per heavy atom. The number of benzene rings is 1. The summed E-state index contributed by atoms with van der Waals surface area (Å²) in [6.45, 7) is 6.11. The van der Waals surface area contributed by atoms with Gasteiger partial charge in [-0.2, -0.15) is 5.26 Å².